The van der Waals surface area contributed by atoms with Crippen molar-refractivity contribution in [2.24, 2.45) is 0 Å². The molecule has 1 heterocycles. The van der Waals surface area contributed by atoms with Crippen molar-refractivity contribution in [3.63, 3.8) is 0 Å². The van der Waals surface area contributed by atoms with Crippen LogP contribution < -0.4 is 27.2 Å². The molecule has 3 rings (SSSR count). The molecule has 0 atom stereocenters. The number of phenolic OH excluding ortho intramolecular Hbond substituents is 1. The van der Waals surface area contributed by atoms with Crippen LogP contribution in [0, 0.1) is 0 Å². The Kier molecular flexibility index (Phi) is 4.59. The molecule has 7 nitrogen and oxygen atoms in total. The van der Waals surface area contributed by atoms with Gasteiger partial charge in [-0.1, -0.05) is 12.1 Å². The normalized spacial score (nSPS) is 15.3. The van der Waals surface area contributed by atoms with E-state index in [4.69, 9.17) is 0 Å². The molecule has 10 heteroatoms. The lowest BCUT2D eigenvalue weighted by Crippen LogP contribution is -2.33. The summed E-state index contributed by atoms with van der Waals surface area (Å²) in [6.45, 7) is 0. The molecule has 0 unspecified atom stereocenters. The van der Waals surface area contributed by atoms with Crippen LogP contribution in [0.5, 0.6) is 5.75 Å². The van der Waals surface area contributed by atoms with Gasteiger partial charge in [-0.15, -0.1) is 0 Å². The highest BCUT2D eigenvalue weighted by atomic mass is 19.4. The Morgan fingerprint density at radius 2 is 1.80 bits per heavy atom. The third-order valence-electron chi connectivity index (χ3n) is 3.48. The Morgan fingerprint density at radius 1 is 1.08 bits per heavy atom. The van der Waals surface area contributed by atoms with Gasteiger partial charge in [0.25, 0.3) is 5.91 Å². The number of carbonyl (C=O) groups is 1. The Hall–Kier alpha value is -2.66. The van der Waals surface area contributed by atoms with E-state index in [0.29, 0.717) is 17.8 Å². The van der Waals surface area contributed by atoms with Crippen LogP contribution in [0.3, 0.4) is 0 Å². The van der Waals surface area contributed by atoms with E-state index in [-0.39, 0.29) is 11.7 Å². The maximum Gasteiger partial charge on any atom is 0.416 e. The smallest absolute Gasteiger partial charge is 0.416 e. The molecule has 0 spiro atoms. The van der Waals surface area contributed by atoms with Gasteiger partial charge in [0.1, 0.15) is 11.9 Å². The van der Waals surface area contributed by atoms with Gasteiger partial charge in [0, 0.05) is 11.3 Å². The molecule has 2 aromatic rings. The van der Waals surface area contributed by atoms with Crippen molar-refractivity contribution in [3.05, 3.63) is 59.2 Å². The monoisotopic (exact) mass is 353 g/mol. The third-order valence-corrected chi connectivity index (χ3v) is 3.48. The first-order chi connectivity index (χ1) is 11.8. The summed E-state index contributed by atoms with van der Waals surface area (Å²) in [7, 11) is 0. The predicted molar refractivity (Wildman–Crippen MR) is 82.8 cm³/mol. The third kappa shape index (κ3) is 4.06. The van der Waals surface area contributed by atoms with Gasteiger partial charge in [-0.3, -0.25) is 4.79 Å². The first kappa shape index (κ1) is 17.2. The van der Waals surface area contributed by atoms with E-state index in [1.807, 2.05) is 0 Å². The molecule has 132 valence electrons. The van der Waals surface area contributed by atoms with Crippen molar-refractivity contribution in [2.75, 3.05) is 5.32 Å². The number of hydrogen-bond acceptors (Lipinski definition) is 6. The number of hydrazine groups is 3. The van der Waals surface area contributed by atoms with Gasteiger partial charge in [-0.25, -0.2) is 10.9 Å². The van der Waals surface area contributed by atoms with Gasteiger partial charge in [0.15, 0.2) is 0 Å². The SMILES string of the molecule is O=C(Nc1cccc(C2NNNN2)c1)c1cc(O)cc(C(F)(F)F)c1. The molecule has 1 amide bonds. The number of nitrogens with one attached hydrogen (secondary N) is 5. The topological polar surface area (TPSA) is 97.5 Å². The molecular formula is C15H14F3N5O2. The summed E-state index contributed by atoms with van der Waals surface area (Å²) in [6.07, 6.45) is -4.91. The molecule has 0 saturated carbocycles. The number of phenols is 1. The van der Waals surface area contributed by atoms with E-state index in [1.165, 1.54) is 0 Å². The van der Waals surface area contributed by atoms with E-state index in [0.717, 1.165) is 11.6 Å². The fourth-order valence-electron chi connectivity index (χ4n) is 2.32. The summed E-state index contributed by atoms with van der Waals surface area (Å²) in [5.74, 6) is -1.40. The van der Waals surface area contributed by atoms with Crippen molar-refractivity contribution < 1.29 is 23.1 Å². The number of alkyl halides is 3. The molecule has 1 aliphatic rings. The van der Waals surface area contributed by atoms with Crippen LogP contribution in [0.4, 0.5) is 18.9 Å². The van der Waals surface area contributed by atoms with Crippen LogP contribution in [-0.2, 0) is 6.18 Å². The Bertz CT molecular complexity index is 791. The fraction of sp³-hybridized carbons (Fsp3) is 0.133. The predicted octanol–water partition coefficient (Wildman–Crippen LogP) is 1.78. The Morgan fingerprint density at radius 3 is 2.48 bits per heavy atom. The van der Waals surface area contributed by atoms with Gasteiger partial charge in [0.05, 0.1) is 5.56 Å². The maximum atomic E-state index is 12.8. The average Bonchev–Trinajstić information content (AvgIpc) is 3.08. The van der Waals surface area contributed by atoms with E-state index < -0.39 is 23.4 Å². The van der Waals surface area contributed by atoms with Crippen LogP contribution in [0.15, 0.2) is 42.5 Å². The van der Waals surface area contributed by atoms with Gasteiger partial charge >= 0.3 is 6.18 Å². The summed E-state index contributed by atoms with van der Waals surface area (Å²) in [5, 5.41) is 12.0. The molecule has 0 bridgehead atoms. The standard InChI is InChI=1S/C15H14F3N5O2/c16-15(17,18)10-4-9(6-12(24)7-10)14(25)19-11-3-1-2-8(5-11)13-20-22-23-21-13/h1-7,13,20-24H,(H,19,25). The van der Waals surface area contributed by atoms with Crippen LogP contribution in [-0.4, -0.2) is 11.0 Å². The molecule has 0 aliphatic carbocycles. The van der Waals surface area contributed by atoms with Crippen molar-refractivity contribution in [1.29, 1.82) is 0 Å². The summed E-state index contributed by atoms with van der Waals surface area (Å²) in [6, 6.07) is 8.97. The minimum atomic E-state index is -4.66. The molecule has 6 N–H and O–H groups in total. The van der Waals surface area contributed by atoms with Gasteiger partial charge in [-0.2, -0.15) is 24.2 Å². The number of anilines is 1. The number of hydrogen-bond donors (Lipinski definition) is 6. The highest BCUT2D eigenvalue weighted by Crippen LogP contribution is 2.32. The van der Waals surface area contributed by atoms with E-state index in [2.05, 4.69) is 27.2 Å². The van der Waals surface area contributed by atoms with E-state index in [1.54, 1.807) is 24.3 Å². The number of rotatable bonds is 3. The minimum Gasteiger partial charge on any atom is -0.508 e. The molecule has 2 aromatic carbocycles. The highest BCUT2D eigenvalue weighted by Gasteiger charge is 2.32. The second kappa shape index (κ2) is 6.69. The van der Waals surface area contributed by atoms with Gasteiger partial charge < -0.3 is 10.4 Å². The fourth-order valence-corrected chi connectivity index (χ4v) is 2.32. The largest absolute Gasteiger partial charge is 0.508 e. The van der Waals surface area contributed by atoms with E-state index >= 15 is 0 Å². The summed E-state index contributed by atoms with van der Waals surface area (Å²) in [5.41, 5.74) is 10.8. The molecule has 25 heavy (non-hydrogen) atoms. The van der Waals surface area contributed by atoms with Crippen molar-refractivity contribution in [2.45, 2.75) is 12.3 Å². The quantitative estimate of drug-likeness (QED) is 0.504. The summed E-state index contributed by atoms with van der Waals surface area (Å²) in [4.78, 5) is 12.2. The van der Waals surface area contributed by atoms with Crippen LogP contribution in [0.25, 0.3) is 0 Å². The summed E-state index contributed by atoms with van der Waals surface area (Å²) < 4.78 is 38.4. The first-order valence-electron chi connectivity index (χ1n) is 7.16. The van der Waals surface area contributed by atoms with Gasteiger partial charge in [0.2, 0.25) is 0 Å². The number of benzene rings is 2. The van der Waals surface area contributed by atoms with Crippen molar-refractivity contribution >= 4 is 11.6 Å². The lowest BCUT2D eigenvalue weighted by atomic mass is 10.1. The van der Waals surface area contributed by atoms with Gasteiger partial charge in [-0.05, 0) is 35.9 Å². The molecular weight excluding hydrogens is 339 g/mol. The van der Waals surface area contributed by atoms with E-state index in [9.17, 15) is 23.1 Å². The number of halogens is 3. The number of carbonyl (C=O) groups excluding carboxylic acids is 1. The van der Waals surface area contributed by atoms with Crippen LogP contribution in [0.2, 0.25) is 0 Å². The second-order valence-electron chi connectivity index (χ2n) is 5.32. The van der Waals surface area contributed by atoms with Crippen LogP contribution >= 0.6 is 0 Å². The Labute approximate surface area is 140 Å². The van der Waals surface area contributed by atoms with Crippen molar-refractivity contribution in [3.8, 4) is 5.75 Å². The van der Waals surface area contributed by atoms with Crippen molar-refractivity contribution in [1.82, 2.24) is 21.9 Å². The number of aromatic hydroxyl groups is 1. The first-order valence-corrected chi connectivity index (χ1v) is 7.16. The van der Waals surface area contributed by atoms with Crippen LogP contribution in [0.1, 0.15) is 27.7 Å². The summed E-state index contributed by atoms with van der Waals surface area (Å²) >= 11 is 0. The molecule has 0 radical (unpaired) electrons. The minimum absolute atomic E-state index is 0.255. The average molecular weight is 353 g/mol. The highest BCUT2D eigenvalue weighted by molar-refractivity contribution is 6.04. The molecule has 0 aromatic heterocycles. The molecule has 1 saturated heterocycles. The zero-order valence-corrected chi connectivity index (χ0v) is 12.6. The zero-order valence-electron chi connectivity index (χ0n) is 12.6. The molecule has 1 aliphatic heterocycles. The Balaban J connectivity index is 1.80. The lowest BCUT2D eigenvalue weighted by Gasteiger charge is -2.13. The second-order valence-corrected chi connectivity index (χ2v) is 5.32. The number of amides is 1. The maximum absolute atomic E-state index is 12.8. The molecule has 1 fully saturated rings. The lowest BCUT2D eigenvalue weighted by molar-refractivity contribution is -0.137. The zero-order chi connectivity index (χ0) is 18.0.